The van der Waals surface area contributed by atoms with Crippen LogP contribution < -0.4 is 5.32 Å². The van der Waals surface area contributed by atoms with Crippen LogP contribution in [0.5, 0.6) is 0 Å². The molecule has 0 aliphatic carbocycles. The Labute approximate surface area is 186 Å². The third kappa shape index (κ3) is 4.85. The van der Waals surface area contributed by atoms with Crippen molar-refractivity contribution in [1.29, 1.82) is 0 Å². The number of likely N-dealkylation sites (tertiary alicyclic amines) is 1. The van der Waals surface area contributed by atoms with Crippen molar-refractivity contribution in [3.63, 3.8) is 0 Å². The summed E-state index contributed by atoms with van der Waals surface area (Å²) in [5.74, 6) is 0.187. The number of nitrogens with one attached hydrogen (secondary N) is 1. The van der Waals surface area contributed by atoms with E-state index >= 15 is 0 Å². The topological polar surface area (TPSA) is 37.3 Å². The van der Waals surface area contributed by atoms with Crippen molar-refractivity contribution in [3.8, 4) is 0 Å². The number of fused-ring (bicyclic) bond motifs is 1. The number of nitrogens with zero attached hydrogens (tertiary/aromatic N) is 2. The second-order valence-corrected chi connectivity index (χ2v) is 8.60. The monoisotopic (exact) mass is 417 g/mol. The van der Waals surface area contributed by atoms with Gasteiger partial charge in [0.05, 0.1) is 5.52 Å². The minimum Gasteiger partial charge on any atom is -0.355 e. The lowest BCUT2D eigenvalue weighted by Gasteiger charge is -2.19. The minimum absolute atomic E-state index is 0.0513. The van der Waals surface area contributed by atoms with Gasteiger partial charge in [-0.15, -0.1) is 0 Å². The van der Waals surface area contributed by atoms with Crippen molar-refractivity contribution in [2.45, 2.75) is 52.0 Å². The first-order valence-electron chi connectivity index (χ1n) is 11.9. The van der Waals surface area contributed by atoms with Crippen molar-refractivity contribution in [2.24, 2.45) is 0 Å². The Morgan fingerprint density at radius 2 is 1.81 bits per heavy atom. The molecular weight excluding hydrogens is 382 g/mol. The lowest BCUT2D eigenvalue weighted by atomic mass is 9.87. The fourth-order valence-electron chi connectivity index (χ4n) is 4.99. The summed E-state index contributed by atoms with van der Waals surface area (Å²) in [7, 11) is 0. The van der Waals surface area contributed by atoms with Crippen LogP contribution in [0.3, 0.4) is 0 Å². The van der Waals surface area contributed by atoms with Gasteiger partial charge in [0.25, 0.3) is 0 Å². The van der Waals surface area contributed by atoms with Crippen molar-refractivity contribution in [3.05, 3.63) is 71.4 Å². The van der Waals surface area contributed by atoms with Crippen LogP contribution in [-0.4, -0.2) is 41.6 Å². The molecule has 31 heavy (non-hydrogen) atoms. The molecule has 4 heteroatoms. The van der Waals surface area contributed by atoms with Gasteiger partial charge in [-0.1, -0.05) is 55.5 Å². The Bertz CT molecular complexity index is 1000. The Kier molecular flexibility index (Phi) is 7.08. The zero-order valence-electron chi connectivity index (χ0n) is 18.9. The summed E-state index contributed by atoms with van der Waals surface area (Å²) in [5.41, 5.74) is 5.15. The highest BCUT2D eigenvalue weighted by atomic mass is 16.1. The second-order valence-electron chi connectivity index (χ2n) is 8.60. The molecule has 0 saturated carbocycles. The number of rotatable bonds is 9. The molecule has 0 spiro atoms. The SMILES string of the molecule is CCc1cccc2c(C(CC(=O)NCCN3CCCC3)c3ccccc3)cn(CC)c12. The summed E-state index contributed by atoms with van der Waals surface area (Å²) in [6, 6.07) is 17.1. The number of amides is 1. The first-order valence-corrected chi connectivity index (χ1v) is 11.9. The van der Waals surface area contributed by atoms with E-state index in [0.717, 1.165) is 26.1 Å². The van der Waals surface area contributed by atoms with E-state index in [4.69, 9.17) is 0 Å². The summed E-state index contributed by atoms with van der Waals surface area (Å²) in [4.78, 5) is 15.4. The average molecular weight is 418 g/mol. The van der Waals surface area contributed by atoms with Gasteiger partial charge in [-0.25, -0.2) is 0 Å². The van der Waals surface area contributed by atoms with E-state index < -0.39 is 0 Å². The van der Waals surface area contributed by atoms with E-state index in [2.05, 4.69) is 77.3 Å². The first-order chi connectivity index (χ1) is 15.2. The summed E-state index contributed by atoms with van der Waals surface area (Å²) in [6.45, 7) is 9.35. The van der Waals surface area contributed by atoms with Crippen LogP contribution in [0.25, 0.3) is 10.9 Å². The molecule has 4 nitrogen and oxygen atoms in total. The van der Waals surface area contributed by atoms with Gasteiger partial charge < -0.3 is 14.8 Å². The highest BCUT2D eigenvalue weighted by molar-refractivity contribution is 5.89. The molecule has 2 aromatic carbocycles. The Hall–Kier alpha value is -2.59. The highest BCUT2D eigenvalue weighted by Gasteiger charge is 2.23. The third-order valence-electron chi connectivity index (χ3n) is 6.65. The number of aryl methyl sites for hydroxylation is 2. The van der Waals surface area contributed by atoms with Crippen LogP contribution in [-0.2, 0) is 17.8 Å². The van der Waals surface area contributed by atoms with E-state index in [-0.39, 0.29) is 11.8 Å². The third-order valence-corrected chi connectivity index (χ3v) is 6.65. The normalized spacial score (nSPS) is 15.4. The fourth-order valence-corrected chi connectivity index (χ4v) is 4.99. The highest BCUT2D eigenvalue weighted by Crippen LogP contribution is 2.36. The first kappa shape index (κ1) is 21.6. The Morgan fingerprint density at radius 1 is 1.03 bits per heavy atom. The molecule has 1 fully saturated rings. The van der Waals surface area contributed by atoms with Gasteiger partial charge >= 0.3 is 0 Å². The molecule has 1 N–H and O–H groups in total. The van der Waals surface area contributed by atoms with Crippen molar-refractivity contribution >= 4 is 16.8 Å². The molecule has 1 aliphatic rings. The number of para-hydroxylation sites is 1. The molecule has 1 aliphatic heterocycles. The zero-order chi connectivity index (χ0) is 21.6. The molecule has 1 atom stereocenters. The van der Waals surface area contributed by atoms with E-state index in [0.29, 0.717) is 6.42 Å². The summed E-state index contributed by atoms with van der Waals surface area (Å²) >= 11 is 0. The van der Waals surface area contributed by atoms with E-state index in [1.807, 2.05) is 6.07 Å². The minimum atomic E-state index is 0.0513. The Morgan fingerprint density at radius 3 is 2.52 bits per heavy atom. The van der Waals surface area contributed by atoms with Gasteiger partial charge in [-0.2, -0.15) is 0 Å². The molecule has 164 valence electrons. The lowest BCUT2D eigenvalue weighted by Crippen LogP contribution is -2.34. The van der Waals surface area contributed by atoms with Crippen LogP contribution in [0.4, 0.5) is 0 Å². The van der Waals surface area contributed by atoms with Crippen molar-refractivity contribution in [2.75, 3.05) is 26.2 Å². The van der Waals surface area contributed by atoms with E-state index in [1.165, 1.54) is 53.5 Å². The van der Waals surface area contributed by atoms with Gasteiger partial charge in [0.15, 0.2) is 0 Å². The molecule has 4 rings (SSSR count). The van der Waals surface area contributed by atoms with Gasteiger partial charge in [0.2, 0.25) is 5.91 Å². The number of hydrogen-bond donors (Lipinski definition) is 1. The van der Waals surface area contributed by atoms with E-state index in [1.54, 1.807) is 0 Å². The maximum Gasteiger partial charge on any atom is 0.220 e. The zero-order valence-corrected chi connectivity index (χ0v) is 18.9. The number of carbonyl (C=O) groups is 1. The molecule has 1 saturated heterocycles. The van der Waals surface area contributed by atoms with Crippen LogP contribution in [0.15, 0.2) is 54.7 Å². The molecule has 1 unspecified atom stereocenters. The summed E-state index contributed by atoms with van der Waals surface area (Å²) in [5, 5.41) is 4.46. The van der Waals surface area contributed by atoms with Crippen molar-refractivity contribution < 1.29 is 4.79 Å². The van der Waals surface area contributed by atoms with Gasteiger partial charge in [0, 0.05) is 43.6 Å². The number of aromatic nitrogens is 1. The molecular formula is C27H35N3O. The maximum atomic E-state index is 13.0. The molecule has 2 heterocycles. The van der Waals surface area contributed by atoms with E-state index in [9.17, 15) is 4.79 Å². The number of carbonyl (C=O) groups excluding carboxylic acids is 1. The second kappa shape index (κ2) is 10.1. The number of benzene rings is 2. The van der Waals surface area contributed by atoms with Crippen molar-refractivity contribution in [1.82, 2.24) is 14.8 Å². The summed E-state index contributed by atoms with van der Waals surface area (Å²) in [6.07, 6.45) is 6.33. The molecule has 0 radical (unpaired) electrons. The quantitative estimate of drug-likeness (QED) is 0.534. The summed E-state index contributed by atoms with van der Waals surface area (Å²) < 4.78 is 2.35. The predicted molar refractivity (Wildman–Crippen MR) is 129 cm³/mol. The molecule has 0 bridgehead atoms. The smallest absolute Gasteiger partial charge is 0.220 e. The van der Waals surface area contributed by atoms with Gasteiger partial charge in [-0.3, -0.25) is 4.79 Å². The van der Waals surface area contributed by atoms with Gasteiger partial charge in [-0.05, 0) is 56.0 Å². The van der Waals surface area contributed by atoms with Crippen LogP contribution >= 0.6 is 0 Å². The predicted octanol–water partition coefficient (Wildman–Crippen LogP) is 4.96. The maximum absolute atomic E-state index is 13.0. The molecule has 1 aromatic heterocycles. The van der Waals surface area contributed by atoms with Crippen LogP contribution in [0.2, 0.25) is 0 Å². The van der Waals surface area contributed by atoms with Crippen LogP contribution in [0, 0.1) is 0 Å². The van der Waals surface area contributed by atoms with Gasteiger partial charge in [0.1, 0.15) is 0 Å². The average Bonchev–Trinajstić information content (AvgIpc) is 3.46. The standard InChI is InChI=1S/C27H35N3O/c1-3-21-13-10-14-23-25(20-30(4-2)27(21)23)24(22-11-6-5-7-12-22)19-26(31)28-15-18-29-16-8-9-17-29/h5-7,10-14,20,24H,3-4,8-9,15-19H2,1-2H3,(H,28,31). The van der Waals surface area contributed by atoms with Crippen LogP contribution in [0.1, 0.15) is 55.7 Å². The lowest BCUT2D eigenvalue weighted by molar-refractivity contribution is -0.121. The number of hydrogen-bond acceptors (Lipinski definition) is 2. The molecule has 3 aromatic rings. The molecule has 1 amide bonds. The fraction of sp³-hybridized carbons (Fsp3) is 0.444. The largest absolute Gasteiger partial charge is 0.355 e. The Balaban J connectivity index is 1.61.